The maximum Gasteiger partial charge on any atom is 0.143 e. The number of likely N-dealkylation sites (N-methyl/N-ethyl adjacent to an activating group) is 1. The Morgan fingerprint density at radius 3 is 2.75 bits per heavy atom. The number of para-hydroxylation sites is 1. The minimum Gasteiger partial charge on any atom is -0.490 e. The Balaban J connectivity index is 0.000000639. The van der Waals surface area contributed by atoms with E-state index in [1.807, 2.05) is 0 Å². The van der Waals surface area contributed by atoms with E-state index in [1.54, 1.807) is 6.92 Å². The van der Waals surface area contributed by atoms with E-state index in [9.17, 15) is 0 Å². The van der Waals surface area contributed by atoms with E-state index in [-0.39, 0.29) is 31.1 Å². The van der Waals surface area contributed by atoms with Crippen molar-refractivity contribution < 1.29 is 35.9 Å². The topological polar surface area (TPSA) is 17.4 Å². The maximum absolute atomic E-state index is 5.70. The van der Waals surface area contributed by atoms with Gasteiger partial charge in [0.25, 0.3) is 0 Å². The molecule has 0 N–H and O–H groups in total. The number of aromatic nitrogens is 1. The van der Waals surface area contributed by atoms with Crippen molar-refractivity contribution in [2.45, 2.75) is 19.9 Å². The van der Waals surface area contributed by atoms with Crippen LogP contribution in [0.25, 0.3) is 10.9 Å². The summed E-state index contributed by atoms with van der Waals surface area (Å²) in [5.41, 5.74) is 2.70. The number of ether oxygens (including phenoxy) is 1. The molecule has 108 valence electrons. The first-order valence-corrected chi connectivity index (χ1v) is 6.84. The van der Waals surface area contributed by atoms with Gasteiger partial charge in [-0.1, -0.05) is 12.1 Å². The van der Waals surface area contributed by atoms with Gasteiger partial charge in [0.15, 0.2) is 0 Å². The number of benzene rings is 1. The first kappa shape index (κ1) is 17.6. The van der Waals surface area contributed by atoms with Crippen molar-refractivity contribution >= 4 is 10.9 Å². The molecule has 1 aromatic carbocycles. The van der Waals surface area contributed by atoms with Gasteiger partial charge in [0, 0.05) is 49.2 Å². The average molecular weight is 497 g/mol. The molecular formula is C16H23N2OU-. The van der Waals surface area contributed by atoms with Gasteiger partial charge in [-0.15, -0.1) is 0 Å². The third kappa shape index (κ3) is 3.61. The zero-order chi connectivity index (χ0) is 13.8. The summed E-state index contributed by atoms with van der Waals surface area (Å²) in [4.78, 5) is 2.23. The Labute approximate surface area is 145 Å². The van der Waals surface area contributed by atoms with Crippen LogP contribution in [0.15, 0.2) is 24.4 Å². The van der Waals surface area contributed by atoms with Crippen LogP contribution in [0.3, 0.4) is 0 Å². The van der Waals surface area contributed by atoms with E-state index in [4.69, 9.17) is 4.74 Å². The van der Waals surface area contributed by atoms with Crippen LogP contribution in [0, 0.1) is 38.0 Å². The molecule has 0 spiro atoms. The van der Waals surface area contributed by atoms with Crippen molar-refractivity contribution in [1.82, 2.24) is 9.47 Å². The van der Waals surface area contributed by atoms with Gasteiger partial charge in [0.1, 0.15) is 12.4 Å². The number of hydrogen-bond donors (Lipinski definition) is 0. The molecule has 0 aliphatic carbocycles. The molecule has 20 heavy (non-hydrogen) atoms. The van der Waals surface area contributed by atoms with Crippen LogP contribution in [-0.2, 0) is 13.0 Å². The van der Waals surface area contributed by atoms with E-state index in [1.165, 1.54) is 16.5 Å². The molecule has 0 radical (unpaired) electrons. The molecule has 2 aromatic rings. The van der Waals surface area contributed by atoms with Crippen molar-refractivity contribution in [2.75, 3.05) is 27.2 Å². The second-order valence-corrected chi connectivity index (χ2v) is 4.90. The molecule has 0 atom stereocenters. The Bertz CT molecular complexity index is 549. The zero-order valence-corrected chi connectivity index (χ0v) is 16.8. The minimum atomic E-state index is 0. The van der Waals surface area contributed by atoms with Crippen LogP contribution in [0.1, 0.15) is 12.5 Å². The van der Waals surface area contributed by atoms with Crippen LogP contribution in [0.2, 0.25) is 0 Å². The van der Waals surface area contributed by atoms with E-state index in [2.05, 4.69) is 54.9 Å². The Hall–Kier alpha value is -0.428. The van der Waals surface area contributed by atoms with Crippen LogP contribution < -0.4 is 4.74 Å². The van der Waals surface area contributed by atoms with Gasteiger partial charge in [-0.3, -0.25) is 0 Å². The fraction of sp³-hybridized carbons (Fsp3) is 0.438. The molecule has 3 rings (SSSR count). The van der Waals surface area contributed by atoms with Crippen molar-refractivity contribution in [2.24, 2.45) is 0 Å². The summed E-state index contributed by atoms with van der Waals surface area (Å²) in [5, 5.41) is 1.35. The molecule has 0 unspecified atom stereocenters. The van der Waals surface area contributed by atoms with Gasteiger partial charge < -0.3 is 21.1 Å². The number of hydrogen-bond acceptors (Lipinski definition) is 2. The third-order valence-corrected chi connectivity index (χ3v) is 3.36. The molecule has 1 aliphatic rings. The Morgan fingerprint density at radius 1 is 1.30 bits per heavy atom. The van der Waals surface area contributed by atoms with E-state index >= 15 is 0 Å². The normalized spacial score (nSPS) is 12.4. The van der Waals surface area contributed by atoms with E-state index < -0.39 is 0 Å². The predicted octanol–water partition coefficient (Wildman–Crippen LogP) is 2.98. The van der Waals surface area contributed by atoms with Gasteiger partial charge in [-0.25, -0.2) is 0 Å². The first-order chi connectivity index (χ1) is 9.25. The zero-order valence-electron chi connectivity index (χ0n) is 12.6. The fourth-order valence-electron chi connectivity index (χ4n) is 2.49. The van der Waals surface area contributed by atoms with Gasteiger partial charge in [-0.2, -0.15) is 6.92 Å². The molecule has 0 bridgehead atoms. The van der Waals surface area contributed by atoms with E-state index in [0.29, 0.717) is 0 Å². The van der Waals surface area contributed by atoms with Crippen molar-refractivity contribution in [1.29, 1.82) is 0 Å². The summed E-state index contributed by atoms with van der Waals surface area (Å²) in [6.07, 6.45) is 3.39. The predicted molar refractivity (Wildman–Crippen MR) is 80.7 cm³/mol. The standard InChI is InChI=1S/C14H18N2O.C2H5.U/c1-15(2)7-6-11-10-16-8-9-17-13-5-3-4-12(11)14(13)16;1-2;/h3-5,10H,6-9H2,1-2H3;1H2,2H3;/q;-1;. The summed E-state index contributed by atoms with van der Waals surface area (Å²) in [6, 6.07) is 6.36. The molecular weight excluding hydrogens is 474 g/mol. The smallest absolute Gasteiger partial charge is 0.143 e. The molecule has 0 fully saturated rings. The molecule has 4 heteroatoms. The molecule has 3 nitrogen and oxygen atoms in total. The third-order valence-electron chi connectivity index (χ3n) is 3.36. The molecule has 1 aliphatic heterocycles. The fourth-order valence-corrected chi connectivity index (χ4v) is 2.49. The number of rotatable bonds is 3. The molecule has 0 saturated heterocycles. The monoisotopic (exact) mass is 497 g/mol. The summed E-state index contributed by atoms with van der Waals surface area (Å²) in [5.74, 6) is 1.03. The first-order valence-electron chi connectivity index (χ1n) is 6.84. The molecule has 1 aromatic heterocycles. The van der Waals surface area contributed by atoms with Gasteiger partial charge in [0.2, 0.25) is 0 Å². The summed E-state index contributed by atoms with van der Waals surface area (Å²) in [6.45, 7) is 7.84. The average Bonchev–Trinajstić information content (AvgIpc) is 2.80. The minimum absolute atomic E-state index is 0. The molecule has 2 heterocycles. The molecule has 0 amide bonds. The number of nitrogens with zero attached hydrogens (tertiary/aromatic N) is 2. The SMILES string of the molecule is CN(C)CCc1cn2c3c(cccc13)OCC2.[CH2-]C.[U]. The Morgan fingerprint density at radius 2 is 2.05 bits per heavy atom. The second kappa shape index (κ2) is 8.12. The van der Waals surface area contributed by atoms with E-state index in [0.717, 1.165) is 31.9 Å². The van der Waals surface area contributed by atoms with Crippen molar-refractivity contribution in [3.8, 4) is 5.75 Å². The van der Waals surface area contributed by atoms with Crippen molar-refractivity contribution in [3.05, 3.63) is 36.9 Å². The van der Waals surface area contributed by atoms with Gasteiger partial charge in [0.05, 0.1) is 12.1 Å². The Kier molecular flexibility index (Phi) is 7.16. The summed E-state index contributed by atoms with van der Waals surface area (Å²) < 4.78 is 8.04. The van der Waals surface area contributed by atoms with Crippen LogP contribution in [0.4, 0.5) is 0 Å². The van der Waals surface area contributed by atoms with Crippen LogP contribution in [0.5, 0.6) is 5.75 Å². The quantitative estimate of drug-likeness (QED) is 0.607. The van der Waals surface area contributed by atoms with Crippen LogP contribution >= 0.6 is 0 Å². The summed E-state index contributed by atoms with van der Waals surface area (Å²) >= 11 is 0. The van der Waals surface area contributed by atoms with Gasteiger partial charge in [-0.05, 0) is 32.1 Å². The second-order valence-electron chi connectivity index (χ2n) is 4.90. The van der Waals surface area contributed by atoms with Crippen LogP contribution in [-0.4, -0.2) is 36.7 Å². The van der Waals surface area contributed by atoms with Crippen molar-refractivity contribution in [3.63, 3.8) is 0 Å². The maximum atomic E-state index is 5.70. The van der Waals surface area contributed by atoms with Gasteiger partial charge >= 0.3 is 0 Å². The molecule has 0 saturated carbocycles. The summed E-state index contributed by atoms with van der Waals surface area (Å²) in [7, 11) is 4.23. The largest absolute Gasteiger partial charge is 0.490 e.